The van der Waals surface area contributed by atoms with Gasteiger partial charge < -0.3 is 28.4 Å². The largest absolute Gasteiger partial charge is 0.465 e. The van der Waals surface area contributed by atoms with E-state index in [9.17, 15) is 19.7 Å². The van der Waals surface area contributed by atoms with Crippen LogP contribution in [0.15, 0.2) is 91.0 Å². The summed E-state index contributed by atoms with van der Waals surface area (Å²) < 4.78 is 35.3. The molecule has 0 unspecified atom stereocenters. The minimum absolute atomic E-state index is 0.00877. The first-order valence-electron chi connectivity index (χ1n) is 15.0. The molecule has 240 valence electrons. The molecule has 1 aliphatic heterocycles. The Morgan fingerprint density at radius 2 is 1.18 bits per heavy atom. The van der Waals surface area contributed by atoms with Gasteiger partial charge in [-0.15, -0.1) is 0 Å². The lowest BCUT2D eigenvalue weighted by atomic mass is 9.85. The maximum atomic E-state index is 13.2. The zero-order valence-corrected chi connectivity index (χ0v) is 25.4. The second-order valence-corrected chi connectivity index (χ2v) is 10.4. The summed E-state index contributed by atoms with van der Waals surface area (Å²) in [7, 11) is 0. The highest BCUT2D eigenvalue weighted by atomic mass is 16.7. The van der Waals surface area contributed by atoms with E-state index in [1.165, 1.54) is 0 Å². The summed E-state index contributed by atoms with van der Waals surface area (Å²) in [6.07, 6.45) is -4.83. The fourth-order valence-corrected chi connectivity index (χ4v) is 5.23. The van der Waals surface area contributed by atoms with Crippen LogP contribution in [-0.2, 0) is 57.8 Å². The number of nitro groups is 1. The lowest BCUT2D eigenvalue weighted by Gasteiger charge is -2.43. The summed E-state index contributed by atoms with van der Waals surface area (Å²) in [5.74, 6) is -3.71. The minimum atomic E-state index is -1.74. The molecular formula is C34H39NO10. The number of nitrogens with zero attached hydrogens (tertiary/aromatic N) is 1. The van der Waals surface area contributed by atoms with Gasteiger partial charge in [-0.1, -0.05) is 91.0 Å². The molecule has 0 N–H and O–H groups in total. The van der Waals surface area contributed by atoms with Crippen LogP contribution in [0.1, 0.15) is 30.5 Å². The van der Waals surface area contributed by atoms with E-state index in [0.717, 1.165) is 16.7 Å². The van der Waals surface area contributed by atoms with Crippen molar-refractivity contribution in [1.82, 2.24) is 0 Å². The number of carbonyl (C=O) groups is 2. The summed E-state index contributed by atoms with van der Waals surface area (Å²) in [5.41, 5.74) is 2.51. The Morgan fingerprint density at radius 1 is 0.733 bits per heavy atom. The fraction of sp³-hybridized carbons (Fsp3) is 0.412. The maximum Gasteiger partial charge on any atom is 0.323 e. The van der Waals surface area contributed by atoms with Crippen LogP contribution in [0.2, 0.25) is 0 Å². The van der Waals surface area contributed by atoms with Crippen molar-refractivity contribution < 1.29 is 42.9 Å². The molecule has 11 heteroatoms. The van der Waals surface area contributed by atoms with Gasteiger partial charge in [-0.05, 0) is 30.5 Å². The molecule has 0 aliphatic carbocycles. The Balaban J connectivity index is 1.72. The van der Waals surface area contributed by atoms with Crippen LogP contribution >= 0.6 is 0 Å². The smallest absolute Gasteiger partial charge is 0.323 e. The van der Waals surface area contributed by atoms with E-state index in [4.69, 9.17) is 28.4 Å². The molecule has 1 aliphatic rings. The molecule has 0 spiro atoms. The first-order valence-corrected chi connectivity index (χ1v) is 15.0. The third-order valence-electron chi connectivity index (χ3n) is 7.31. The number of ether oxygens (including phenoxy) is 6. The molecule has 0 aromatic heterocycles. The number of hydrogen-bond acceptors (Lipinski definition) is 10. The zero-order chi connectivity index (χ0) is 32.0. The van der Waals surface area contributed by atoms with Gasteiger partial charge in [-0.25, -0.2) is 0 Å². The van der Waals surface area contributed by atoms with Crippen molar-refractivity contribution in [3.05, 3.63) is 118 Å². The van der Waals surface area contributed by atoms with Crippen molar-refractivity contribution in [3.8, 4) is 0 Å². The van der Waals surface area contributed by atoms with E-state index >= 15 is 0 Å². The van der Waals surface area contributed by atoms with Gasteiger partial charge in [-0.3, -0.25) is 19.7 Å². The lowest BCUT2D eigenvalue weighted by Crippen LogP contribution is -2.66. The topological polar surface area (TPSA) is 133 Å². The Bertz CT molecular complexity index is 1320. The highest BCUT2D eigenvalue weighted by molar-refractivity contribution is 5.95. The van der Waals surface area contributed by atoms with Crippen LogP contribution in [0.4, 0.5) is 0 Å². The third-order valence-corrected chi connectivity index (χ3v) is 7.31. The van der Waals surface area contributed by atoms with E-state index < -0.39 is 53.2 Å². The SMILES string of the molecule is CCOC(=O)C(C(=O)OCC)[C@@H]1O[C@H](COCc2ccccc2)[C@H](OCc2ccccc2)[C@H](OCc2ccccc2)[C@H]1[N+](=O)[O-]. The van der Waals surface area contributed by atoms with Crippen molar-refractivity contribution in [2.24, 2.45) is 5.92 Å². The van der Waals surface area contributed by atoms with Gasteiger partial charge in [-0.2, -0.15) is 0 Å². The van der Waals surface area contributed by atoms with Crippen LogP contribution in [0.25, 0.3) is 0 Å². The van der Waals surface area contributed by atoms with Crippen LogP contribution in [0.5, 0.6) is 0 Å². The van der Waals surface area contributed by atoms with Crippen LogP contribution in [0.3, 0.4) is 0 Å². The average molecular weight is 622 g/mol. The van der Waals surface area contributed by atoms with Gasteiger partial charge in [0.05, 0.1) is 39.6 Å². The van der Waals surface area contributed by atoms with Gasteiger partial charge in [0.2, 0.25) is 0 Å². The first kappa shape index (κ1) is 33.7. The Labute approximate surface area is 262 Å². The lowest BCUT2D eigenvalue weighted by molar-refractivity contribution is -0.563. The molecule has 3 aromatic rings. The highest BCUT2D eigenvalue weighted by Crippen LogP contribution is 2.34. The second kappa shape index (κ2) is 17.4. The quantitative estimate of drug-likeness (QED) is 0.0973. The van der Waals surface area contributed by atoms with E-state index in [0.29, 0.717) is 0 Å². The average Bonchev–Trinajstić information content (AvgIpc) is 3.05. The summed E-state index contributed by atoms with van der Waals surface area (Å²) in [4.78, 5) is 38.6. The van der Waals surface area contributed by atoms with Crippen LogP contribution in [0, 0.1) is 16.0 Å². The van der Waals surface area contributed by atoms with Crippen LogP contribution < -0.4 is 0 Å². The molecule has 0 bridgehead atoms. The highest BCUT2D eigenvalue weighted by Gasteiger charge is 2.60. The zero-order valence-electron chi connectivity index (χ0n) is 25.4. The fourth-order valence-electron chi connectivity index (χ4n) is 5.23. The van der Waals surface area contributed by atoms with Gasteiger partial charge >= 0.3 is 11.9 Å². The van der Waals surface area contributed by atoms with E-state index in [2.05, 4.69) is 0 Å². The number of rotatable bonds is 16. The number of hydrogen-bond donors (Lipinski definition) is 0. The summed E-state index contributed by atoms with van der Waals surface area (Å²) in [6.45, 7) is 3.32. The van der Waals surface area contributed by atoms with Gasteiger partial charge in [0.1, 0.15) is 12.2 Å². The molecule has 1 saturated heterocycles. The molecule has 0 saturated carbocycles. The van der Waals surface area contributed by atoms with Crippen molar-refractivity contribution in [1.29, 1.82) is 0 Å². The van der Waals surface area contributed by atoms with Gasteiger partial charge in [0, 0.05) is 4.92 Å². The normalized spacial score (nSPS) is 21.3. The molecule has 1 heterocycles. The van der Waals surface area contributed by atoms with Gasteiger partial charge in [0.15, 0.2) is 18.1 Å². The van der Waals surface area contributed by atoms with E-state index in [1.54, 1.807) is 13.8 Å². The predicted molar refractivity (Wildman–Crippen MR) is 162 cm³/mol. The number of benzene rings is 3. The summed E-state index contributed by atoms with van der Waals surface area (Å²) in [5, 5.41) is 12.8. The predicted octanol–water partition coefficient (Wildman–Crippen LogP) is 4.53. The van der Waals surface area contributed by atoms with Crippen molar-refractivity contribution in [3.63, 3.8) is 0 Å². The molecule has 3 aromatic carbocycles. The Hall–Kier alpha value is -4.16. The molecule has 0 radical (unpaired) electrons. The monoisotopic (exact) mass is 621 g/mol. The standard InChI is InChI=1S/C34H39NO10/c1-3-41-33(36)28(34(37)42-4-2)31-29(35(38)39)32(44-22-26-18-12-7-13-19-26)30(43-21-25-16-10-6-11-17-25)27(45-31)23-40-20-24-14-8-5-9-15-24/h5-19,27-32H,3-4,20-23H2,1-2H3/t27-,29+,30+,31+,32-/m1/s1. The molecule has 4 rings (SSSR count). The van der Waals surface area contributed by atoms with Crippen LogP contribution in [-0.4, -0.2) is 67.1 Å². The summed E-state index contributed by atoms with van der Waals surface area (Å²) >= 11 is 0. The summed E-state index contributed by atoms with van der Waals surface area (Å²) in [6, 6.07) is 26.3. The van der Waals surface area contributed by atoms with Gasteiger partial charge in [0.25, 0.3) is 6.04 Å². The number of esters is 2. The number of carbonyl (C=O) groups excluding carboxylic acids is 2. The molecular weight excluding hydrogens is 582 g/mol. The van der Waals surface area contributed by atoms with E-state index in [-0.39, 0.29) is 39.6 Å². The first-order chi connectivity index (χ1) is 21.9. The van der Waals surface area contributed by atoms with Crippen molar-refractivity contribution in [2.45, 2.75) is 64.1 Å². The van der Waals surface area contributed by atoms with E-state index in [1.807, 2.05) is 91.0 Å². The molecule has 0 amide bonds. The molecule has 5 atom stereocenters. The minimum Gasteiger partial charge on any atom is -0.465 e. The van der Waals surface area contributed by atoms with Crippen molar-refractivity contribution >= 4 is 11.9 Å². The molecule has 1 fully saturated rings. The third kappa shape index (κ3) is 9.41. The Kier molecular flexibility index (Phi) is 13.0. The molecule has 11 nitrogen and oxygen atoms in total. The Morgan fingerprint density at radius 3 is 1.62 bits per heavy atom. The second-order valence-electron chi connectivity index (χ2n) is 10.4. The molecule has 45 heavy (non-hydrogen) atoms. The maximum absolute atomic E-state index is 13.2. The van der Waals surface area contributed by atoms with Crippen molar-refractivity contribution in [2.75, 3.05) is 19.8 Å².